The second kappa shape index (κ2) is 6.78. The second-order valence-electron chi connectivity index (χ2n) is 7.98. The molecule has 1 saturated carbocycles. The van der Waals surface area contributed by atoms with Gasteiger partial charge in [-0.2, -0.15) is 5.10 Å². The first-order valence-electron chi connectivity index (χ1n) is 9.73. The summed E-state index contributed by atoms with van der Waals surface area (Å²) in [6.45, 7) is 7.85. The predicted octanol–water partition coefficient (Wildman–Crippen LogP) is 3.47. The summed E-state index contributed by atoms with van der Waals surface area (Å²) in [7, 11) is 0. The van der Waals surface area contributed by atoms with Gasteiger partial charge in [0.1, 0.15) is 5.82 Å². The molecule has 2 fully saturated rings. The fourth-order valence-electron chi connectivity index (χ4n) is 4.96. The number of hydrogen-bond acceptors (Lipinski definition) is 3. The molecule has 2 aromatic rings. The zero-order valence-corrected chi connectivity index (χ0v) is 15.7. The van der Waals surface area contributed by atoms with Crippen LogP contribution in [0.3, 0.4) is 0 Å². The van der Waals surface area contributed by atoms with Crippen molar-refractivity contribution in [1.29, 1.82) is 0 Å². The lowest BCUT2D eigenvalue weighted by Crippen LogP contribution is -2.42. The van der Waals surface area contributed by atoms with E-state index in [1.807, 2.05) is 4.68 Å². The van der Waals surface area contributed by atoms with Gasteiger partial charge < -0.3 is 5.11 Å². The van der Waals surface area contributed by atoms with E-state index in [9.17, 15) is 9.50 Å². The van der Waals surface area contributed by atoms with E-state index >= 15 is 0 Å². The third-order valence-electron chi connectivity index (χ3n) is 6.37. The Labute approximate surface area is 154 Å². The average Bonchev–Trinajstić information content (AvgIpc) is 3.20. The van der Waals surface area contributed by atoms with Crippen LogP contribution in [0.1, 0.15) is 43.0 Å². The molecule has 2 heterocycles. The Kier molecular flexibility index (Phi) is 4.61. The summed E-state index contributed by atoms with van der Waals surface area (Å²) >= 11 is 0. The van der Waals surface area contributed by atoms with Crippen LogP contribution in [0.15, 0.2) is 30.5 Å². The van der Waals surface area contributed by atoms with Crippen LogP contribution in [-0.4, -0.2) is 32.9 Å². The minimum absolute atomic E-state index is 0.211. The molecular weight excluding hydrogens is 329 g/mol. The molecule has 26 heavy (non-hydrogen) atoms. The van der Waals surface area contributed by atoms with Crippen molar-refractivity contribution in [3.63, 3.8) is 0 Å². The number of benzene rings is 1. The van der Waals surface area contributed by atoms with E-state index in [0.29, 0.717) is 5.92 Å². The van der Waals surface area contributed by atoms with E-state index in [2.05, 4.69) is 30.0 Å². The second-order valence-corrected chi connectivity index (χ2v) is 7.98. The van der Waals surface area contributed by atoms with Crippen molar-refractivity contribution in [2.45, 2.75) is 51.8 Å². The van der Waals surface area contributed by atoms with E-state index in [1.54, 1.807) is 12.1 Å². The number of aromatic nitrogens is 2. The number of hydrogen-bond donors (Lipinski definition) is 1. The average molecular weight is 357 g/mol. The van der Waals surface area contributed by atoms with Crippen LogP contribution in [0.4, 0.5) is 4.39 Å². The molecule has 1 aliphatic carbocycles. The number of rotatable bonds is 4. The SMILES string of the molecule is CCn1cc(CN2C[C@@H]3CCC[C@@](O)(c4ccc(F)cc4)[C@@H]3C2)c(C)n1. The lowest BCUT2D eigenvalue weighted by atomic mass is 9.67. The number of aliphatic hydroxyl groups is 1. The summed E-state index contributed by atoms with van der Waals surface area (Å²) in [6, 6.07) is 6.45. The summed E-state index contributed by atoms with van der Waals surface area (Å²) in [4.78, 5) is 2.46. The van der Waals surface area contributed by atoms with Crippen LogP contribution in [0.25, 0.3) is 0 Å². The number of halogens is 1. The van der Waals surface area contributed by atoms with Crippen molar-refractivity contribution in [3.05, 3.63) is 53.1 Å². The third kappa shape index (κ3) is 3.08. The first-order chi connectivity index (χ1) is 12.5. The Morgan fingerprint density at radius 3 is 2.73 bits per heavy atom. The van der Waals surface area contributed by atoms with Crippen molar-refractivity contribution < 1.29 is 9.50 Å². The molecule has 1 N–H and O–H groups in total. The van der Waals surface area contributed by atoms with Gasteiger partial charge in [0.05, 0.1) is 11.3 Å². The number of fused-ring (bicyclic) bond motifs is 1. The molecule has 140 valence electrons. The predicted molar refractivity (Wildman–Crippen MR) is 99.0 cm³/mol. The topological polar surface area (TPSA) is 41.3 Å². The van der Waals surface area contributed by atoms with E-state index in [-0.39, 0.29) is 11.7 Å². The zero-order valence-electron chi connectivity index (χ0n) is 15.7. The molecule has 4 rings (SSSR count). The highest BCUT2D eigenvalue weighted by Gasteiger charge is 2.49. The van der Waals surface area contributed by atoms with Crippen LogP contribution in [0.5, 0.6) is 0 Å². The summed E-state index contributed by atoms with van der Waals surface area (Å²) in [5.41, 5.74) is 2.39. The zero-order chi connectivity index (χ0) is 18.3. The van der Waals surface area contributed by atoms with Crippen LogP contribution >= 0.6 is 0 Å². The van der Waals surface area contributed by atoms with Crippen molar-refractivity contribution in [2.75, 3.05) is 13.1 Å². The van der Waals surface area contributed by atoms with Gasteiger partial charge in [-0.25, -0.2) is 4.39 Å². The van der Waals surface area contributed by atoms with Crippen molar-refractivity contribution in [2.24, 2.45) is 11.8 Å². The highest BCUT2D eigenvalue weighted by atomic mass is 19.1. The van der Waals surface area contributed by atoms with Crippen molar-refractivity contribution >= 4 is 0 Å². The largest absolute Gasteiger partial charge is 0.385 e. The first-order valence-corrected chi connectivity index (χ1v) is 9.73. The summed E-state index contributed by atoms with van der Waals surface area (Å²) < 4.78 is 15.3. The fraction of sp³-hybridized carbons (Fsp3) is 0.571. The Bertz CT molecular complexity index is 772. The molecule has 0 spiro atoms. The van der Waals surface area contributed by atoms with Gasteiger partial charge in [-0.3, -0.25) is 9.58 Å². The van der Waals surface area contributed by atoms with Gasteiger partial charge >= 0.3 is 0 Å². The fourth-order valence-corrected chi connectivity index (χ4v) is 4.96. The Morgan fingerprint density at radius 2 is 2.04 bits per heavy atom. The van der Waals surface area contributed by atoms with Crippen molar-refractivity contribution in [1.82, 2.24) is 14.7 Å². The third-order valence-corrected chi connectivity index (χ3v) is 6.37. The molecule has 1 saturated heterocycles. The standard InChI is InChI=1S/C21H28FN3O/c1-3-25-13-17(15(2)23-25)12-24-11-16-5-4-10-21(26,20(16)14-24)18-6-8-19(22)9-7-18/h6-9,13,16,20,26H,3-5,10-12,14H2,1-2H3/t16-,20+,21+/m0/s1. The van der Waals surface area contributed by atoms with Gasteiger partial charge in [-0.1, -0.05) is 12.1 Å². The molecule has 1 aliphatic heterocycles. The maximum Gasteiger partial charge on any atom is 0.123 e. The van der Waals surface area contributed by atoms with E-state index < -0.39 is 5.60 Å². The Hall–Kier alpha value is -1.72. The lowest BCUT2D eigenvalue weighted by molar-refractivity contribution is -0.0648. The minimum atomic E-state index is -0.839. The van der Waals surface area contributed by atoms with Crippen molar-refractivity contribution in [3.8, 4) is 0 Å². The molecule has 3 atom stereocenters. The smallest absolute Gasteiger partial charge is 0.123 e. The van der Waals surface area contributed by atoms with E-state index in [0.717, 1.165) is 56.7 Å². The summed E-state index contributed by atoms with van der Waals surface area (Å²) in [5, 5.41) is 16.1. The number of nitrogens with zero attached hydrogens (tertiary/aromatic N) is 3. The van der Waals surface area contributed by atoms with Crippen LogP contribution in [-0.2, 0) is 18.7 Å². The maximum atomic E-state index is 13.3. The van der Waals surface area contributed by atoms with Gasteiger partial charge in [0.2, 0.25) is 0 Å². The van der Waals surface area contributed by atoms with Gasteiger partial charge in [0.25, 0.3) is 0 Å². The van der Waals surface area contributed by atoms with Crippen LogP contribution in [0.2, 0.25) is 0 Å². The molecule has 0 bridgehead atoms. The Balaban J connectivity index is 1.54. The Morgan fingerprint density at radius 1 is 1.27 bits per heavy atom. The normalized spacial score (nSPS) is 29.1. The molecule has 0 radical (unpaired) electrons. The van der Waals surface area contributed by atoms with Crippen LogP contribution < -0.4 is 0 Å². The maximum absolute atomic E-state index is 13.3. The van der Waals surface area contributed by atoms with Gasteiger partial charge in [-0.05, 0) is 56.7 Å². The lowest BCUT2D eigenvalue weighted by Gasteiger charge is -2.41. The molecular formula is C21H28FN3O. The molecule has 0 amide bonds. The highest BCUT2D eigenvalue weighted by molar-refractivity contribution is 5.26. The highest BCUT2D eigenvalue weighted by Crippen LogP contribution is 2.48. The van der Waals surface area contributed by atoms with Crippen LogP contribution in [0, 0.1) is 24.6 Å². The molecule has 2 aliphatic rings. The summed E-state index contributed by atoms with van der Waals surface area (Å²) in [6.07, 6.45) is 5.09. The first kappa shape index (κ1) is 17.7. The molecule has 5 heteroatoms. The summed E-state index contributed by atoms with van der Waals surface area (Å²) in [5.74, 6) is 0.463. The van der Waals surface area contributed by atoms with E-state index in [4.69, 9.17) is 0 Å². The monoisotopic (exact) mass is 357 g/mol. The molecule has 1 aromatic carbocycles. The van der Waals surface area contributed by atoms with Gasteiger partial charge in [-0.15, -0.1) is 0 Å². The molecule has 1 aromatic heterocycles. The van der Waals surface area contributed by atoms with Gasteiger partial charge in [0.15, 0.2) is 0 Å². The molecule has 4 nitrogen and oxygen atoms in total. The number of aryl methyl sites for hydroxylation is 2. The molecule has 0 unspecified atom stereocenters. The number of likely N-dealkylation sites (tertiary alicyclic amines) is 1. The van der Waals surface area contributed by atoms with Gasteiger partial charge in [0, 0.05) is 43.9 Å². The minimum Gasteiger partial charge on any atom is -0.385 e. The van der Waals surface area contributed by atoms with E-state index in [1.165, 1.54) is 17.7 Å². The quantitative estimate of drug-likeness (QED) is 0.911.